The number of fused-ring (bicyclic) bond motifs is 3. The third kappa shape index (κ3) is 8.43. The molecule has 1 radical (unpaired) electrons. The minimum Gasteiger partial charge on any atom is -0.512 e. The third-order valence-corrected chi connectivity index (χ3v) is 12.0. The molecule has 0 aliphatic heterocycles. The molecule has 3 nitrogen and oxygen atoms in total. The predicted molar refractivity (Wildman–Crippen MR) is 210 cm³/mol. The zero-order valence-electron chi connectivity index (χ0n) is 29.9. The Labute approximate surface area is 313 Å². The number of hydrogen-bond donors (Lipinski definition) is 1. The number of carbonyl (C=O) groups is 1. The van der Waals surface area contributed by atoms with Gasteiger partial charge in [-0.05, 0) is 72.6 Å². The number of aliphatic hydroxyl groups excluding tert-OH is 1. The SMILES string of the molecule is CCC(CC)C(=O)/C=C(\O)C(CC)CC.Cc1c(-c2cc3ccccc3s2)sc2c(-c3[c-]c4ccccc4c(C(C)(C)C)c3)nccc12.[Ir]. The second kappa shape index (κ2) is 16.7. The molecule has 0 saturated carbocycles. The van der Waals surface area contributed by atoms with Gasteiger partial charge in [0.25, 0.3) is 0 Å². The Morgan fingerprint density at radius 3 is 2.18 bits per heavy atom. The number of allylic oxidation sites excluding steroid dienone is 2. The molecule has 259 valence electrons. The quantitative estimate of drug-likeness (QED) is 0.0895. The molecule has 3 aromatic heterocycles. The van der Waals surface area contributed by atoms with Gasteiger partial charge in [0.2, 0.25) is 0 Å². The number of thiophene rings is 2. The van der Waals surface area contributed by atoms with E-state index in [-0.39, 0.29) is 48.9 Å². The molecule has 0 fully saturated rings. The fraction of sp³-hybridized carbons (Fsp3) is 0.349. The molecule has 0 bridgehead atoms. The van der Waals surface area contributed by atoms with Gasteiger partial charge in [0.1, 0.15) is 0 Å². The van der Waals surface area contributed by atoms with Crippen LogP contribution in [0.3, 0.4) is 0 Å². The van der Waals surface area contributed by atoms with Gasteiger partial charge in [-0.15, -0.1) is 51.8 Å². The van der Waals surface area contributed by atoms with E-state index < -0.39 is 0 Å². The van der Waals surface area contributed by atoms with Crippen LogP contribution in [0, 0.1) is 24.8 Å². The first-order valence-corrected chi connectivity index (χ1v) is 18.9. The van der Waals surface area contributed by atoms with E-state index in [9.17, 15) is 9.90 Å². The van der Waals surface area contributed by atoms with Crippen molar-refractivity contribution in [2.75, 3.05) is 0 Å². The molecule has 3 heterocycles. The van der Waals surface area contributed by atoms with E-state index in [0.29, 0.717) is 0 Å². The first kappa shape index (κ1) is 38.6. The van der Waals surface area contributed by atoms with E-state index in [4.69, 9.17) is 4.98 Å². The van der Waals surface area contributed by atoms with E-state index in [2.05, 4.69) is 100 Å². The fourth-order valence-electron chi connectivity index (χ4n) is 6.43. The first-order chi connectivity index (χ1) is 23.0. The Morgan fingerprint density at radius 2 is 1.53 bits per heavy atom. The van der Waals surface area contributed by atoms with E-state index in [1.165, 1.54) is 52.5 Å². The zero-order chi connectivity index (χ0) is 34.6. The molecular formula is C43H48IrNO2S2-. The van der Waals surface area contributed by atoms with Crippen LogP contribution in [-0.2, 0) is 30.3 Å². The Morgan fingerprint density at radius 1 is 0.878 bits per heavy atom. The number of aryl methyl sites for hydroxylation is 1. The molecule has 3 aromatic carbocycles. The van der Waals surface area contributed by atoms with Crippen LogP contribution in [0.1, 0.15) is 85.3 Å². The number of rotatable bonds is 9. The molecule has 0 saturated heterocycles. The molecule has 0 aliphatic rings. The van der Waals surface area contributed by atoms with Gasteiger partial charge >= 0.3 is 0 Å². The number of aliphatic hydroxyl groups is 1. The molecule has 49 heavy (non-hydrogen) atoms. The summed E-state index contributed by atoms with van der Waals surface area (Å²) in [4.78, 5) is 19.3. The average Bonchev–Trinajstić information content (AvgIpc) is 3.66. The van der Waals surface area contributed by atoms with E-state index >= 15 is 0 Å². The van der Waals surface area contributed by atoms with Crippen molar-refractivity contribution in [2.45, 2.75) is 86.5 Å². The maximum Gasteiger partial charge on any atom is 0.162 e. The zero-order valence-corrected chi connectivity index (χ0v) is 34.0. The third-order valence-electron chi connectivity index (χ3n) is 9.42. The molecule has 0 aliphatic carbocycles. The standard InChI is InChI=1S/C30H24NS2.C13H24O2.Ir/c1-18-22-13-14-31-27(21-15-19-9-5-7-11-23(19)24(16-21)30(2,3)4)29(22)33-28(18)26-17-20-10-6-8-12-25(20)32-26;1-5-10(6-2)12(14)9-13(15)11(7-3)8-4;/h5-14,16-17H,1-4H3;9-11,14H,5-8H2,1-4H3;/q-1;;/b;12-9-;. The molecule has 0 unspecified atom stereocenters. The van der Waals surface area contributed by atoms with Crippen LogP contribution in [0.4, 0.5) is 0 Å². The first-order valence-electron chi connectivity index (χ1n) is 17.3. The van der Waals surface area contributed by atoms with Crippen molar-refractivity contribution in [2.24, 2.45) is 11.8 Å². The summed E-state index contributed by atoms with van der Waals surface area (Å²) in [6.07, 6.45) is 6.86. The summed E-state index contributed by atoms with van der Waals surface area (Å²) >= 11 is 3.73. The minimum absolute atomic E-state index is 0. The van der Waals surface area contributed by atoms with Gasteiger partial charge in [-0.25, -0.2) is 0 Å². The van der Waals surface area contributed by atoms with Crippen LogP contribution in [0.25, 0.3) is 52.0 Å². The number of hydrogen-bond acceptors (Lipinski definition) is 5. The summed E-state index contributed by atoms with van der Waals surface area (Å²) in [5.41, 5.74) is 4.81. The van der Waals surface area contributed by atoms with E-state index in [0.717, 1.165) is 42.3 Å². The number of aromatic nitrogens is 1. The number of pyridine rings is 1. The minimum atomic E-state index is 0. The van der Waals surface area contributed by atoms with Crippen molar-refractivity contribution in [1.29, 1.82) is 0 Å². The normalized spacial score (nSPS) is 12.1. The molecule has 0 atom stereocenters. The largest absolute Gasteiger partial charge is 0.512 e. The van der Waals surface area contributed by atoms with Gasteiger partial charge in [-0.2, -0.15) is 0 Å². The second-order valence-corrected chi connectivity index (χ2v) is 15.7. The van der Waals surface area contributed by atoms with Gasteiger partial charge in [-0.3, -0.25) is 9.78 Å². The Balaban J connectivity index is 0.000000290. The van der Waals surface area contributed by atoms with Crippen molar-refractivity contribution < 1.29 is 30.0 Å². The van der Waals surface area contributed by atoms with Crippen molar-refractivity contribution in [3.63, 3.8) is 0 Å². The molecule has 6 rings (SSSR count). The Bertz CT molecular complexity index is 2040. The number of ketones is 1. The monoisotopic (exact) mass is 867 g/mol. The average molecular weight is 867 g/mol. The van der Waals surface area contributed by atoms with Crippen LogP contribution >= 0.6 is 22.7 Å². The number of benzene rings is 3. The Kier molecular flexibility index (Phi) is 13.2. The summed E-state index contributed by atoms with van der Waals surface area (Å²) in [7, 11) is 0. The summed E-state index contributed by atoms with van der Waals surface area (Å²) in [5, 5.41) is 14.8. The summed E-state index contributed by atoms with van der Waals surface area (Å²) in [6.45, 7) is 17.2. The smallest absolute Gasteiger partial charge is 0.162 e. The maximum atomic E-state index is 11.7. The number of nitrogens with zero attached hydrogens (tertiary/aromatic N) is 1. The van der Waals surface area contributed by atoms with Crippen molar-refractivity contribution >= 4 is 59.4 Å². The van der Waals surface area contributed by atoms with Crippen molar-refractivity contribution in [3.05, 3.63) is 102 Å². The maximum absolute atomic E-state index is 11.7. The molecule has 0 amide bonds. The predicted octanol–water partition coefficient (Wildman–Crippen LogP) is 13.3. The van der Waals surface area contributed by atoms with E-state index in [1.54, 1.807) is 0 Å². The number of carbonyl (C=O) groups excluding carboxylic acids is 1. The van der Waals surface area contributed by atoms with Crippen LogP contribution in [0.2, 0.25) is 0 Å². The molecule has 6 aromatic rings. The van der Waals surface area contributed by atoms with Crippen molar-refractivity contribution in [1.82, 2.24) is 4.98 Å². The van der Waals surface area contributed by atoms with Crippen molar-refractivity contribution in [3.8, 4) is 21.0 Å². The van der Waals surface area contributed by atoms with Crippen LogP contribution in [-0.4, -0.2) is 15.9 Å². The van der Waals surface area contributed by atoms with Gasteiger partial charge < -0.3 is 5.11 Å². The summed E-state index contributed by atoms with van der Waals surface area (Å²) in [6, 6.07) is 27.7. The van der Waals surface area contributed by atoms with Gasteiger partial charge in [0, 0.05) is 69.1 Å². The van der Waals surface area contributed by atoms with Crippen LogP contribution in [0.5, 0.6) is 0 Å². The second-order valence-electron chi connectivity index (χ2n) is 13.6. The van der Waals surface area contributed by atoms with Crippen LogP contribution < -0.4 is 0 Å². The molecule has 0 spiro atoms. The molecular weight excluding hydrogens is 819 g/mol. The van der Waals surface area contributed by atoms with Gasteiger partial charge in [0.15, 0.2) is 5.78 Å². The fourth-order valence-corrected chi connectivity index (χ4v) is 8.95. The van der Waals surface area contributed by atoms with Gasteiger partial charge in [0.05, 0.1) is 5.76 Å². The topological polar surface area (TPSA) is 50.2 Å². The van der Waals surface area contributed by atoms with E-state index in [1.807, 2.05) is 56.6 Å². The molecule has 6 heteroatoms. The molecule has 1 N–H and O–H groups in total. The van der Waals surface area contributed by atoms with Gasteiger partial charge in [-0.1, -0.05) is 95.8 Å². The summed E-state index contributed by atoms with van der Waals surface area (Å²) in [5.74, 6) is 0.547. The van der Waals surface area contributed by atoms with Crippen LogP contribution in [0.15, 0.2) is 84.8 Å². The Hall–Kier alpha value is -3.15. The summed E-state index contributed by atoms with van der Waals surface area (Å²) < 4.78 is 2.58.